The molecule has 1 fully saturated rings. The van der Waals surface area contributed by atoms with E-state index in [2.05, 4.69) is 15.6 Å². The fourth-order valence-corrected chi connectivity index (χ4v) is 3.36. The van der Waals surface area contributed by atoms with Gasteiger partial charge in [-0.2, -0.15) is 0 Å². The first-order chi connectivity index (χ1) is 13.7. The van der Waals surface area contributed by atoms with Gasteiger partial charge in [0.15, 0.2) is 0 Å². The molecule has 6 nitrogen and oxygen atoms in total. The van der Waals surface area contributed by atoms with E-state index in [1.54, 1.807) is 24.3 Å². The van der Waals surface area contributed by atoms with Gasteiger partial charge in [0.2, 0.25) is 0 Å². The third-order valence-corrected chi connectivity index (χ3v) is 5.10. The quantitative estimate of drug-likeness (QED) is 0.721. The minimum Gasteiger partial charge on any atom is -0.381 e. The van der Waals surface area contributed by atoms with Crippen LogP contribution in [0.25, 0.3) is 11.3 Å². The monoisotopic (exact) mass is 399 g/mol. The molecule has 0 radical (unpaired) electrons. The molecule has 3 rings (SSSR count). The van der Waals surface area contributed by atoms with Crippen LogP contribution in [0.5, 0.6) is 0 Å². The van der Waals surface area contributed by atoms with Gasteiger partial charge in [-0.15, -0.1) is 0 Å². The molecule has 1 saturated carbocycles. The molecule has 154 valence electrons. The smallest absolute Gasteiger partial charge is 0.253 e. The molecule has 3 N–H and O–H groups in total. The molecule has 0 spiro atoms. The van der Waals surface area contributed by atoms with E-state index in [4.69, 9.17) is 0 Å². The molecule has 0 bridgehead atoms. The van der Waals surface area contributed by atoms with Crippen molar-refractivity contribution in [1.29, 1.82) is 0 Å². The predicted octanol–water partition coefficient (Wildman–Crippen LogP) is 2.82. The van der Waals surface area contributed by atoms with Crippen molar-refractivity contribution in [2.75, 3.05) is 0 Å². The number of aromatic nitrogens is 1. The van der Waals surface area contributed by atoms with Gasteiger partial charge in [-0.3, -0.25) is 14.6 Å². The molecule has 1 aromatic heterocycles. The first-order valence-corrected chi connectivity index (χ1v) is 9.78. The fraction of sp³-hybridized carbons (Fsp3) is 0.409. The van der Waals surface area contributed by atoms with E-state index in [1.807, 2.05) is 0 Å². The number of amides is 2. The van der Waals surface area contributed by atoms with Crippen LogP contribution in [0.15, 0.2) is 42.6 Å². The number of carbonyl (C=O) groups is 2. The van der Waals surface area contributed by atoms with Gasteiger partial charge in [0.05, 0.1) is 11.3 Å². The number of benzene rings is 1. The Hall–Kier alpha value is -2.80. The van der Waals surface area contributed by atoms with Gasteiger partial charge in [0.25, 0.3) is 11.8 Å². The summed E-state index contributed by atoms with van der Waals surface area (Å²) < 4.78 is 13.3. The summed E-state index contributed by atoms with van der Waals surface area (Å²) in [7, 11) is 0. The summed E-state index contributed by atoms with van der Waals surface area (Å²) in [5.41, 5.74) is 0.311. The highest BCUT2D eigenvalue weighted by atomic mass is 19.1. The van der Waals surface area contributed by atoms with E-state index < -0.39 is 5.60 Å². The number of nitrogens with zero attached hydrogens (tertiary/aromatic N) is 1. The van der Waals surface area contributed by atoms with Crippen LogP contribution in [-0.2, 0) is 4.79 Å². The first-order valence-electron chi connectivity index (χ1n) is 9.78. The third-order valence-electron chi connectivity index (χ3n) is 5.10. The Kier molecular flexibility index (Phi) is 6.27. The van der Waals surface area contributed by atoms with Crippen LogP contribution in [0.4, 0.5) is 4.39 Å². The number of nitrogens with one attached hydrogen (secondary N) is 2. The van der Waals surface area contributed by atoms with Crippen molar-refractivity contribution < 1.29 is 19.1 Å². The normalized spacial score (nSPS) is 19.4. The van der Waals surface area contributed by atoms with Crippen LogP contribution in [0.3, 0.4) is 0 Å². The van der Waals surface area contributed by atoms with Crippen molar-refractivity contribution >= 4 is 11.8 Å². The summed E-state index contributed by atoms with van der Waals surface area (Å²) in [4.78, 5) is 28.6. The first kappa shape index (κ1) is 20.9. The summed E-state index contributed by atoms with van der Waals surface area (Å²) in [6.07, 6.45) is 4.46. The van der Waals surface area contributed by atoms with Gasteiger partial charge in [-0.05, 0) is 63.8 Å². The number of halogens is 1. The average molecular weight is 399 g/mol. The molecule has 1 heterocycles. The minimum absolute atomic E-state index is 0.00861. The van der Waals surface area contributed by atoms with E-state index in [-0.39, 0.29) is 29.7 Å². The lowest BCUT2D eigenvalue weighted by molar-refractivity contribution is -0.137. The van der Waals surface area contributed by atoms with E-state index >= 15 is 0 Å². The number of pyridine rings is 1. The molecule has 0 atom stereocenters. The van der Waals surface area contributed by atoms with Crippen molar-refractivity contribution in [3.8, 4) is 11.3 Å². The Labute approximate surface area is 169 Å². The molecule has 1 aliphatic rings. The molecule has 2 amide bonds. The molecule has 0 saturated heterocycles. The van der Waals surface area contributed by atoms with Crippen molar-refractivity contribution in [1.82, 2.24) is 15.6 Å². The van der Waals surface area contributed by atoms with Crippen LogP contribution in [0.1, 0.15) is 49.9 Å². The van der Waals surface area contributed by atoms with Crippen LogP contribution < -0.4 is 10.6 Å². The van der Waals surface area contributed by atoms with Gasteiger partial charge in [-0.25, -0.2) is 4.39 Å². The summed E-state index contributed by atoms with van der Waals surface area (Å²) in [6.45, 7) is 2.92. The van der Waals surface area contributed by atoms with Gasteiger partial charge in [0, 0.05) is 23.8 Å². The maximum absolute atomic E-state index is 13.3. The van der Waals surface area contributed by atoms with Gasteiger partial charge in [0.1, 0.15) is 11.4 Å². The highest BCUT2D eigenvalue weighted by Crippen LogP contribution is 2.21. The number of hydrogen-bond donors (Lipinski definition) is 3. The molecule has 1 aromatic carbocycles. The summed E-state index contributed by atoms with van der Waals surface area (Å²) in [5, 5.41) is 15.6. The van der Waals surface area contributed by atoms with Crippen molar-refractivity contribution in [3.05, 3.63) is 54.0 Å². The molecule has 2 aromatic rings. The van der Waals surface area contributed by atoms with Crippen LogP contribution in [0, 0.1) is 5.82 Å². The molecular weight excluding hydrogens is 373 g/mol. The lowest BCUT2D eigenvalue weighted by Gasteiger charge is -2.31. The number of carbonyl (C=O) groups excluding carboxylic acids is 2. The van der Waals surface area contributed by atoms with Gasteiger partial charge >= 0.3 is 0 Å². The second-order valence-corrected chi connectivity index (χ2v) is 8.00. The SMILES string of the molecule is CC(C)(O)C(=O)N[C@H]1CC[C@H](NC(=O)c2ccc(-c3cccc(F)c3)nc2)CC1. The van der Waals surface area contributed by atoms with Crippen LogP contribution in [-0.4, -0.2) is 39.6 Å². The second kappa shape index (κ2) is 8.69. The number of hydrogen-bond acceptors (Lipinski definition) is 4. The zero-order valence-electron chi connectivity index (χ0n) is 16.6. The molecule has 7 heteroatoms. The van der Waals surface area contributed by atoms with Crippen molar-refractivity contribution in [3.63, 3.8) is 0 Å². The van der Waals surface area contributed by atoms with Gasteiger partial charge in [-0.1, -0.05) is 12.1 Å². The van der Waals surface area contributed by atoms with E-state index in [0.717, 1.165) is 25.7 Å². The van der Waals surface area contributed by atoms with Crippen molar-refractivity contribution in [2.24, 2.45) is 0 Å². The fourth-order valence-electron chi connectivity index (χ4n) is 3.36. The Bertz CT molecular complexity index is 870. The highest BCUT2D eigenvalue weighted by Gasteiger charge is 2.29. The zero-order chi connectivity index (χ0) is 21.0. The van der Waals surface area contributed by atoms with E-state index in [9.17, 15) is 19.1 Å². The molecular formula is C22H26FN3O3. The second-order valence-electron chi connectivity index (χ2n) is 8.00. The summed E-state index contributed by atoms with van der Waals surface area (Å²) in [5.74, 6) is -0.915. The van der Waals surface area contributed by atoms with Crippen molar-refractivity contribution in [2.45, 2.75) is 57.2 Å². The maximum atomic E-state index is 13.3. The van der Waals surface area contributed by atoms with Gasteiger partial charge < -0.3 is 15.7 Å². The Morgan fingerprint density at radius 1 is 1.07 bits per heavy atom. The maximum Gasteiger partial charge on any atom is 0.253 e. The molecule has 0 aliphatic heterocycles. The predicted molar refractivity (Wildman–Crippen MR) is 108 cm³/mol. The Morgan fingerprint density at radius 2 is 1.72 bits per heavy atom. The third kappa shape index (κ3) is 5.60. The molecule has 1 aliphatic carbocycles. The standard InChI is InChI=1S/C22H26FN3O3/c1-22(2,29)21(28)26-18-9-7-17(8-10-18)25-20(27)15-6-11-19(24-13-15)14-4-3-5-16(23)12-14/h3-6,11-13,17-18,29H,7-10H2,1-2H3,(H,25,27)(H,26,28)/t17-,18-. The zero-order valence-corrected chi connectivity index (χ0v) is 16.6. The van der Waals surface area contributed by atoms with Crippen LogP contribution in [0.2, 0.25) is 0 Å². The topological polar surface area (TPSA) is 91.3 Å². The molecule has 29 heavy (non-hydrogen) atoms. The minimum atomic E-state index is -1.39. The van der Waals surface area contributed by atoms with Crippen LogP contribution >= 0.6 is 0 Å². The average Bonchev–Trinajstić information content (AvgIpc) is 2.69. The Morgan fingerprint density at radius 3 is 2.28 bits per heavy atom. The molecule has 0 unspecified atom stereocenters. The lowest BCUT2D eigenvalue weighted by atomic mass is 9.90. The highest BCUT2D eigenvalue weighted by molar-refractivity contribution is 5.94. The largest absolute Gasteiger partial charge is 0.381 e. The Balaban J connectivity index is 1.52. The number of aliphatic hydroxyl groups is 1. The lowest BCUT2D eigenvalue weighted by Crippen LogP contribution is -2.49. The number of rotatable bonds is 5. The summed E-state index contributed by atoms with van der Waals surface area (Å²) >= 11 is 0. The summed E-state index contributed by atoms with van der Waals surface area (Å²) in [6, 6.07) is 9.57. The van der Waals surface area contributed by atoms with E-state index in [0.29, 0.717) is 16.8 Å². The van der Waals surface area contributed by atoms with E-state index in [1.165, 1.54) is 32.2 Å².